The molecular weight excluding hydrogens is 221 g/mol. The number of benzene rings is 1. The minimum atomic E-state index is -0.535. The summed E-state index contributed by atoms with van der Waals surface area (Å²) in [7, 11) is 0. The molecule has 1 amide bonds. The van der Waals surface area contributed by atoms with Gasteiger partial charge in [0.2, 0.25) is 5.91 Å². The van der Waals surface area contributed by atoms with Gasteiger partial charge in [0, 0.05) is 6.54 Å². The highest BCUT2D eigenvalue weighted by Gasteiger charge is 2.05. The van der Waals surface area contributed by atoms with Gasteiger partial charge in [-0.25, -0.2) is 4.39 Å². The van der Waals surface area contributed by atoms with Crippen LogP contribution in [0.15, 0.2) is 18.2 Å². The molecule has 1 aromatic rings. The van der Waals surface area contributed by atoms with Crippen LogP contribution >= 0.6 is 0 Å². The van der Waals surface area contributed by atoms with Gasteiger partial charge in [-0.1, -0.05) is 6.92 Å². The van der Waals surface area contributed by atoms with Gasteiger partial charge in [0.15, 0.2) is 0 Å². The maximum Gasteiger partial charge on any atom is 0.239 e. The number of hydrogen-bond acceptors (Lipinski definition) is 3. The molecule has 0 aliphatic heterocycles. The molecule has 0 heterocycles. The van der Waals surface area contributed by atoms with E-state index in [1.165, 1.54) is 12.1 Å². The van der Waals surface area contributed by atoms with Crippen molar-refractivity contribution in [1.82, 2.24) is 5.32 Å². The molecule has 0 fully saturated rings. The third kappa shape index (κ3) is 4.11. The Kier molecular flexibility index (Phi) is 4.95. The number of hydrogen-bond donors (Lipinski definition) is 2. The largest absolute Gasteiger partial charge is 0.374 e. The fraction of sp³-hybridized carbons (Fsp3) is 0.333. The lowest BCUT2D eigenvalue weighted by Crippen LogP contribution is -2.30. The van der Waals surface area contributed by atoms with Crippen LogP contribution in [-0.4, -0.2) is 19.0 Å². The van der Waals surface area contributed by atoms with Gasteiger partial charge in [-0.05, 0) is 24.6 Å². The monoisotopic (exact) mass is 235 g/mol. The summed E-state index contributed by atoms with van der Waals surface area (Å²) in [6.45, 7) is 2.58. The Morgan fingerprint density at radius 2 is 2.29 bits per heavy atom. The number of amides is 1. The van der Waals surface area contributed by atoms with Crippen LogP contribution in [0.25, 0.3) is 0 Å². The van der Waals surface area contributed by atoms with Crippen molar-refractivity contribution < 1.29 is 9.18 Å². The van der Waals surface area contributed by atoms with Crippen molar-refractivity contribution in [2.75, 3.05) is 18.4 Å². The second-order valence-corrected chi connectivity index (χ2v) is 3.51. The van der Waals surface area contributed by atoms with Gasteiger partial charge in [-0.15, -0.1) is 0 Å². The number of carbonyl (C=O) groups excluding carboxylic acids is 1. The van der Waals surface area contributed by atoms with E-state index in [2.05, 4.69) is 10.6 Å². The lowest BCUT2D eigenvalue weighted by atomic mass is 10.2. The van der Waals surface area contributed by atoms with E-state index in [0.717, 1.165) is 12.5 Å². The average molecular weight is 235 g/mol. The van der Waals surface area contributed by atoms with Gasteiger partial charge in [-0.2, -0.15) is 5.26 Å². The molecule has 0 bridgehead atoms. The molecule has 0 aromatic heterocycles. The van der Waals surface area contributed by atoms with Gasteiger partial charge < -0.3 is 10.6 Å². The van der Waals surface area contributed by atoms with Crippen LogP contribution in [0.2, 0.25) is 0 Å². The van der Waals surface area contributed by atoms with Crippen LogP contribution < -0.4 is 10.6 Å². The molecule has 4 nitrogen and oxygen atoms in total. The Morgan fingerprint density at radius 1 is 1.53 bits per heavy atom. The third-order valence-corrected chi connectivity index (χ3v) is 2.11. The van der Waals surface area contributed by atoms with Crippen molar-refractivity contribution >= 4 is 11.6 Å². The van der Waals surface area contributed by atoms with Gasteiger partial charge >= 0.3 is 0 Å². The lowest BCUT2D eigenvalue weighted by Gasteiger charge is -2.07. The average Bonchev–Trinajstić information content (AvgIpc) is 2.34. The zero-order valence-electron chi connectivity index (χ0n) is 9.59. The predicted octanol–water partition coefficient (Wildman–Crippen LogP) is 1.64. The SMILES string of the molecule is CCCNC(=O)CNc1ccc(C#N)cc1F. The topological polar surface area (TPSA) is 64.9 Å². The van der Waals surface area contributed by atoms with Gasteiger partial charge in [0.1, 0.15) is 5.82 Å². The van der Waals surface area contributed by atoms with E-state index in [4.69, 9.17) is 5.26 Å². The van der Waals surface area contributed by atoms with Crippen LogP contribution in [0.1, 0.15) is 18.9 Å². The number of nitrogens with zero attached hydrogens (tertiary/aromatic N) is 1. The lowest BCUT2D eigenvalue weighted by molar-refractivity contribution is -0.119. The molecule has 90 valence electrons. The minimum Gasteiger partial charge on any atom is -0.374 e. The predicted molar refractivity (Wildman–Crippen MR) is 62.9 cm³/mol. The molecule has 5 heteroatoms. The highest BCUT2D eigenvalue weighted by Crippen LogP contribution is 2.14. The maximum atomic E-state index is 13.4. The highest BCUT2D eigenvalue weighted by molar-refractivity contribution is 5.80. The molecular formula is C12H14FN3O. The number of rotatable bonds is 5. The van der Waals surface area contributed by atoms with E-state index < -0.39 is 5.82 Å². The van der Waals surface area contributed by atoms with Crippen molar-refractivity contribution in [3.05, 3.63) is 29.6 Å². The van der Waals surface area contributed by atoms with Gasteiger partial charge in [-0.3, -0.25) is 4.79 Å². The Balaban J connectivity index is 2.52. The summed E-state index contributed by atoms with van der Waals surface area (Å²) in [5.41, 5.74) is 0.471. The number of anilines is 1. The molecule has 0 spiro atoms. The van der Waals surface area contributed by atoms with Crippen molar-refractivity contribution in [3.63, 3.8) is 0 Å². The van der Waals surface area contributed by atoms with E-state index in [-0.39, 0.29) is 23.7 Å². The van der Waals surface area contributed by atoms with E-state index in [1.807, 2.05) is 13.0 Å². The minimum absolute atomic E-state index is 0.0167. The standard InChI is InChI=1S/C12H14FN3O/c1-2-5-15-12(17)8-16-11-4-3-9(7-14)6-10(11)13/h3-4,6,16H,2,5,8H2,1H3,(H,15,17). The van der Waals surface area contributed by atoms with Crippen molar-refractivity contribution in [1.29, 1.82) is 5.26 Å². The van der Waals surface area contributed by atoms with Gasteiger partial charge in [0.05, 0.1) is 23.9 Å². The summed E-state index contributed by atoms with van der Waals surface area (Å²) in [5, 5.41) is 13.9. The van der Waals surface area contributed by atoms with E-state index in [0.29, 0.717) is 6.54 Å². The molecule has 0 aliphatic rings. The zero-order valence-corrected chi connectivity index (χ0v) is 9.59. The number of nitriles is 1. The smallest absolute Gasteiger partial charge is 0.239 e. The first-order valence-electron chi connectivity index (χ1n) is 5.37. The molecule has 0 radical (unpaired) electrons. The molecule has 2 N–H and O–H groups in total. The van der Waals surface area contributed by atoms with Crippen molar-refractivity contribution in [3.8, 4) is 6.07 Å². The molecule has 0 aliphatic carbocycles. The summed E-state index contributed by atoms with van der Waals surface area (Å²) >= 11 is 0. The first kappa shape index (κ1) is 13.0. The van der Waals surface area contributed by atoms with Crippen molar-refractivity contribution in [2.24, 2.45) is 0 Å². The number of nitrogens with one attached hydrogen (secondary N) is 2. The second-order valence-electron chi connectivity index (χ2n) is 3.51. The quantitative estimate of drug-likeness (QED) is 0.815. The Morgan fingerprint density at radius 3 is 2.88 bits per heavy atom. The zero-order chi connectivity index (χ0) is 12.7. The van der Waals surface area contributed by atoms with E-state index >= 15 is 0 Å². The van der Waals surface area contributed by atoms with Crippen LogP contribution in [-0.2, 0) is 4.79 Å². The first-order valence-corrected chi connectivity index (χ1v) is 5.37. The fourth-order valence-electron chi connectivity index (χ4n) is 1.23. The summed E-state index contributed by atoms with van der Waals surface area (Å²) in [5.74, 6) is -0.719. The fourth-order valence-corrected chi connectivity index (χ4v) is 1.23. The third-order valence-electron chi connectivity index (χ3n) is 2.11. The first-order chi connectivity index (χ1) is 8.17. The molecule has 17 heavy (non-hydrogen) atoms. The van der Waals surface area contributed by atoms with Crippen LogP contribution in [0.4, 0.5) is 10.1 Å². The van der Waals surface area contributed by atoms with Crippen molar-refractivity contribution in [2.45, 2.75) is 13.3 Å². The number of carbonyl (C=O) groups is 1. The maximum absolute atomic E-state index is 13.4. The Bertz CT molecular complexity index is 440. The second kappa shape index (κ2) is 6.48. The van der Waals surface area contributed by atoms with Crippen LogP contribution in [0, 0.1) is 17.1 Å². The molecule has 0 saturated heterocycles. The number of halogens is 1. The van der Waals surface area contributed by atoms with E-state index in [1.54, 1.807) is 0 Å². The normalized spacial score (nSPS) is 9.47. The summed E-state index contributed by atoms with van der Waals surface area (Å²) in [4.78, 5) is 11.3. The molecule has 0 unspecified atom stereocenters. The molecule has 1 rings (SSSR count). The summed E-state index contributed by atoms with van der Waals surface area (Å²) in [6, 6.07) is 5.91. The summed E-state index contributed by atoms with van der Waals surface area (Å²) in [6.07, 6.45) is 0.858. The Labute approximate surface area is 99.4 Å². The van der Waals surface area contributed by atoms with E-state index in [9.17, 15) is 9.18 Å². The highest BCUT2D eigenvalue weighted by atomic mass is 19.1. The Hall–Kier alpha value is -2.09. The van der Waals surface area contributed by atoms with Crippen LogP contribution in [0.5, 0.6) is 0 Å². The molecule has 0 atom stereocenters. The van der Waals surface area contributed by atoms with Gasteiger partial charge in [0.25, 0.3) is 0 Å². The molecule has 0 saturated carbocycles. The van der Waals surface area contributed by atoms with Crippen LogP contribution in [0.3, 0.4) is 0 Å². The molecule has 1 aromatic carbocycles. The summed E-state index contributed by atoms with van der Waals surface area (Å²) < 4.78 is 13.4.